The second-order valence-electron chi connectivity index (χ2n) is 4.17. The smallest absolute Gasteiger partial charge is 0.176 e. The third-order valence-electron chi connectivity index (χ3n) is 2.95. The first-order valence-electron chi connectivity index (χ1n) is 5.22. The fraction of sp³-hybridized carbons (Fsp3) is 0.417. The van der Waals surface area contributed by atoms with Gasteiger partial charge in [-0.3, -0.25) is 4.79 Å². The van der Waals surface area contributed by atoms with Crippen molar-refractivity contribution in [2.45, 2.75) is 5.92 Å². The Labute approximate surface area is 89.9 Å². The molecule has 0 amide bonds. The standard InChI is InChI=1S/C12H16N2O/c1-14-7-11(8-14)9-2-4-10(5-3-9)12(15)6-13/h2-5,11H,6-8,13H2,1H3. The molecule has 1 aliphatic heterocycles. The minimum atomic E-state index is 0.00674. The zero-order chi connectivity index (χ0) is 10.8. The van der Waals surface area contributed by atoms with Gasteiger partial charge in [0.05, 0.1) is 6.54 Å². The molecule has 1 aromatic rings. The Morgan fingerprint density at radius 2 is 2.00 bits per heavy atom. The highest BCUT2D eigenvalue weighted by Gasteiger charge is 2.24. The van der Waals surface area contributed by atoms with Crippen LogP contribution in [-0.4, -0.2) is 37.4 Å². The third kappa shape index (κ3) is 2.08. The summed E-state index contributed by atoms with van der Waals surface area (Å²) in [7, 11) is 2.11. The second-order valence-corrected chi connectivity index (χ2v) is 4.17. The monoisotopic (exact) mass is 204 g/mol. The summed E-state index contributed by atoms with van der Waals surface area (Å²) in [6, 6.07) is 7.84. The quantitative estimate of drug-likeness (QED) is 0.743. The van der Waals surface area contributed by atoms with E-state index in [1.807, 2.05) is 24.3 Å². The van der Waals surface area contributed by atoms with Crippen molar-refractivity contribution in [1.29, 1.82) is 0 Å². The van der Waals surface area contributed by atoms with Crippen LogP contribution < -0.4 is 5.73 Å². The Morgan fingerprint density at radius 3 is 2.47 bits per heavy atom. The molecule has 0 unspecified atom stereocenters. The number of rotatable bonds is 3. The number of Topliss-reactive ketones (excluding diaryl/α,β-unsaturated/α-hetero) is 1. The molecule has 2 N–H and O–H groups in total. The molecule has 2 rings (SSSR count). The van der Waals surface area contributed by atoms with Crippen molar-refractivity contribution in [3.63, 3.8) is 0 Å². The molecule has 3 heteroatoms. The van der Waals surface area contributed by atoms with Gasteiger partial charge < -0.3 is 10.6 Å². The summed E-state index contributed by atoms with van der Waals surface area (Å²) in [4.78, 5) is 13.6. The van der Waals surface area contributed by atoms with Gasteiger partial charge in [-0.1, -0.05) is 24.3 Å². The van der Waals surface area contributed by atoms with Crippen LogP contribution in [0.2, 0.25) is 0 Å². The minimum Gasteiger partial charge on any atom is -0.324 e. The van der Waals surface area contributed by atoms with E-state index in [1.54, 1.807) is 0 Å². The highest BCUT2D eigenvalue weighted by atomic mass is 16.1. The van der Waals surface area contributed by atoms with E-state index in [0.717, 1.165) is 13.1 Å². The molecule has 1 saturated heterocycles. The predicted octanol–water partition coefficient (Wildman–Crippen LogP) is 0.857. The summed E-state index contributed by atoms with van der Waals surface area (Å²) in [5.74, 6) is 0.643. The molecule has 0 spiro atoms. The van der Waals surface area contributed by atoms with Crippen LogP contribution in [0.15, 0.2) is 24.3 Å². The molecule has 1 aliphatic rings. The van der Waals surface area contributed by atoms with E-state index in [9.17, 15) is 4.79 Å². The molecule has 0 aromatic heterocycles. The lowest BCUT2D eigenvalue weighted by Crippen LogP contribution is -2.41. The highest BCUT2D eigenvalue weighted by Crippen LogP contribution is 2.25. The first-order chi connectivity index (χ1) is 7.20. The number of hydrogen-bond acceptors (Lipinski definition) is 3. The van der Waals surface area contributed by atoms with E-state index < -0.39 is 0 Å². The molecule has 0 radical (unpaired) electrons. The van der Waals surface area contributed by atoms with E-state index in [-0.39, 0.29) is 12.3 Å². The molecule has 1 fully saturated rings. The molecular formula is C12H16N2O. The van der Waals surface area contributed by atoms with Crippen LogP contribution in [0.5, 0.6) is 0 Å². The molecule has 15 heavy (non-hydrogen) atoms. The SMILES string of the molecule is CN1CC(c2ccc(C(=O)CN)cc2)C1. The lowest BCUT2D eigenvalue weighted by molar-refractivity contribution is 0.100. The molecule has 0 saturated carbocycles. The van der Waals surface area contributed by atoms with Gasteiger partial charge in [-0.05, 0) is 12.6 Å². The maximum atomic E-state index is 11.3. The topological polar surface area (TPSA) is 46.3 Å². The number of nitrogens with two attached hydrogens (primary N) is 1. The van der Waals surface area contributed by atoms with Gasteiger partial charge >= 0.3 is 0 Å². The highest BCUT2D eigenvalue weighted by molar-refractivity contribution is 5.97. The van der Waals surface area contributed by atoms with Gasteiger partial charge in [0, 0.05) is 24.6 Å². The minimum absolute atomic E-state index is 0.00674. The lowest BCUT2D eigenvalue weighted by Gasteiger charge is -2.36. The normalized spacial score (nSPS) is 17.5. The molecule has 0 atom stereocenters. The molecule has 1 heterocycles. The van der Waals surface area contributed by atoms with E-state index in [1.165, 1.54) is 5.56 Å². The number of carbonyl (C=O) groups is 1. The maximum Gasteiger partial charge on any atom is 0.176 e. The Balaban J connectivity index is 2.07. The molecule has 1 aromatic carbocycles. The van der Waals surface area contributed by atoms with Crippen LogP contribution in [0.3, 0.4) is 0 Å². The fourth-order valence-electron chi connectivity index (χ4n) is 1.97. The van der Waals surface area contributed by atoms with Crippen LogP contribution in [-0.2, 0) is 0 Å². The van der Waals surface area contributed by atoms with E-state index in [4.69, 9.17) is 5.73 Å². The van der Waals surface area contributed by atoms with Crippen molar-refractivity contribution < 1.29 is 4.79 Å². The molecular weight excluding hydrogens is 188 g/mol. The molecule has 80 valence electrons. The molecule has 0 bridgehead atoms. The Bertz CT molecular complexity index is 352. The van der Waals surface area contributed by atoms with Gasteiger partial charge in [-0.2, -0.15) is 0 Å². The van der Waals surface area contributed by atoms with Crippen LogP contribution >= 0.6 is 0 Å². The van der Waals surface area contributed by atoms with E-state index in [0.29, 0.717) is 11.5 Å². The second kappa shape index (κ2) is 4.13. The summed E-state index contributed by atoms with van der Waals surface area (Å²) in [6.07, 6.45) is 0. The van der Waals surface area contributed by atoms with Gasteiger partial charge in [0.1, 0.15) is 0 Å². The largest absolute Gasteiger partial charge is 0.324 e. The van der Waals surface area contributed by atoms with Crippen LogP contribution in [0.4, 0.5) is 0 Å². The van der Waals surface area contributed by atoms with Gasteiger partial charge in [0.15, 0.2) is 5.78 Å². The number of hydrogen-bond donors (Lipinski definition) is 1. The van der Waals surface area contributed by atoms with Crippen molar-refractivity contribution in [1.82, 2.24) is 4.90 Å². The van der Waals surface area contributed by atoms with Gasteiger partial charge in [0.25, 0.3) is 0 Å². The lowest BCUT2D eigenvalue weighted by atomic mass is 9.91. The van der Waals surface area contributed by atoms with Crippen LogP contribution in [0.1, 0.15) is 21.8 Å². The van der Waals surface area contributed by atoms with Crippen molar-refractivity contribution in [2.75, 3.05) is 26.7 Å². The zero-order valence-electron chi connectivity index (χ0n) is 8.94. The van der Waals surface area contributed by atoms with Crippen molar-refractivity contribution >= 4 is 5.78 Å². The average molecular weight is 204 g/mol. The van der Waals surface area contributed by atoms with Crippen molar-refractivity contribution in [3.8, 4) is 0 Å². The van der Waals surface area contributed by atoms with Crippen LogP contribution in [0, 0.1) is 0 Å². The first kappa shape index (κ1) is 10.3. The Kier molecular flexibility index (Phi) is 2.84. The van der Waals surface area contributed by atoms with Gasteiger partial charge in [-0.15, -0.1) is 0 Å². The van der Waals surface area contributed by atoms with E-state index in [2.05, 4.69) is 11.9 Å². The van der Waals surface area contributed by atoms with Crippen LogP contribution in [0.25, 0.3) is 0 Å². The van der Waals surface area contributed by atoms with Crippen molar-refractivity contribution in [2.24, 2.45) is 5.73 Å². The number of benzene rings is 1. The Morgan fingerprint density at radius 1 is 1.40 bits per heavy atom. The predicted molar refractivity (Wildman–Crippen MR) is 60.1 cm³/mol. The number of likely N-dealkylation sites (N-methyl/N-ethyl adjacent to an activating group) is 1. The molecule has 3 nitrogen and oxygen atoms in total. The summed E-state index contributed by atoms with van der Waals surface area (Å²) in [5, 5.41) is 0. The first-order valence-corrected chi connectivity index (χ1v) is 5.22. The summed E-state index contributed by atoms with van der Waals surface area (Å²) in [6.45, 7) is 2.32. The zero-order valence-corrected chi connectivity index (χ0v) is 8.94. The summed E-state index contributed by atoms with van der Waals surface area (Å²) < 4.78 is 0. The maximum absolute atomic E-state index is 11.3. The Hall–Kier alpha value is -1.19. The van der Waals surface area contributed by atoms with E-state index >= 15 is 0 Å². The number of carbonyl (C=O) groups excluding carboxylic acids is 1. The van der Waals surface area contributed by atoms with Gasteiger partial charge in [-0.25, -0.2) is 0 Å². The average Bonchev–Trinajstić information content (AvgIpc) is 2.24. The third-order valence-corrected chi connectivity index (χ3v) is 2.95. The summed E-state index contributed by atoms with van der Waals surface area (Å²) >= 11 is 0. The fourth-order valence-corrected chi connectivity index (χ4v) is 1.97. The summed E-state index contributed by atoms with van der Waals surface area (Å²) in [5.41, 5.74) is 7.34. The number of nitrogens with zero attached hydrogens (tertiary/aromatic N) is 1. The number of ketones is 1. The van der Waals surface area contributed by atoms with Gasteiger partial charge in [0.2, 0.25) is 0 Å². The van der Waals surface area contributed by atoms with Crippen molar-refractivity contribution in [3.05, 3.63) is 35.4 Å². The molecule has 0 aliphatic carbocycles. The number of likely N-dealkylation sites (tertiary alicyclic amines) is 1.